The van der Waals surface area contributed by atoms with Crippen LogP contribution >= 0.6 is 11.6 Å². The summed E-state index contributed by atoms with van der Waals surface area (Å²) in [5, 5.41) is 0. The van der Waals surface area contributed by atoms with Gasteiger partial charge in [-0.3, -0.25) is 0 Å². The van der Waals surface area contributed by atoms with Crippen molar-refractivity contribution in [3.63, 3.8) is 0 Å². The van der Waals surface area contributed by atoms with Crippen molar-refractivity contribution in [2.75, 3.05) is 5.88 Å². The monoisotopic (exact) mass is 184 g/mol. The van der Waals surface area contributed by atoms with Crippen molar-refractivity contribution in [1.82, 2.24) is 0 Å². The van der Waals surface area contributed by atoms with Crippen molar-refractivity contribution < 1.29 is 4.42 Å². The van der Waals surface area contributed by atoms with Crippen molar-refractivity contribution >= 4 is 11.6 Å². The SMILES string of the molecule is CC1(C)C(CCl)C1c1ccco1. The first-order valence-corrected chi connectivity index (χ1v) is 4.80. The third kappa shape index (κ3) is 0.996. The zero-order chi connectivity index (χ0) is 8.77. The van der Waals surface area contributed by atoms with E-state index in [-0.39, 0.29) is 0 Å². The number of halogens is 1. The highest BCUT2D eigenvalue weighted by atomic mass is 35.5. The number of hydrogen-bond donors (Lipinski definition) is 0. The topological polar surface area (TPSA) is 13.1 Å². The molecule has 2 rings (SSSR count). The van der Waals surface area contributed by atoms with Gasteiger partial charge in [0.15, 0.2) is 0 Å². The van der Waals surface area contributed by atoms with Crippen LogP contribution in [0.3, 0.4) is 0 Å². The van der Waals surface area contributed by atoms with E-state index in [0.717, 1.165) is 11.6 Å². The van der Waals surface area contributed by atoms with E-state index in [1.165, 1.54) is 0 Å². The Kier molecular flexibility index (Phi) is 1.72. The minimum absolute atomic E-state index is 0.333. The standard InChI is InChI=1S/C10H13ClO/c1-10(2)7(6-11)9(10)8-4-3-5-12-8/h3-5,7,9H,6H2,1-2H3. The predicted molar refractivity (Wildman–Crippen MR) is 49.4 cm³/mol. The van der Waals surface area contributed by atoms with Gasteiger partial charge in [-0.2, -0.15) is 0 Å². The van der Waals surface area contributed by atoms with Gasteiger partial charge in [-0.15, -0.1) is 11.6 Å². The summed E-state index contributed by atoms with van der Waals surface area (Å²) in [5.74, 6) is 2.94. The molecule has 1 heterocycles. The molecule has 1 saturated carbocycles. The van der Waals surface area contributed by atoms with Gasteiger partial charge in [0.05, 0.1) is 6.26 Å². The highest BCUT2D eigenvalue weighted by Crippen LogP contribution is 2.64. The second-order valence-corrected chi connectivity index (χ2v) is 4.38. The Labute approximate surface area is 77.7 Å². The molecule has 0 saturated heterocycles. The summed E-state index contributed by atoms with van der Waals surface area (Å²) in [5.41, 5.74) is 0.333. The molecule has 1 fully saturated rings. The normalized spacial score (nSPS) is 31.9. The van der Waals surface area contributed by atoms with E-state index in [1.54, 1.807) is 6.26 Å². The molecule has 12 heavy (non-hydrogen) atoms. The predicted octanol–water partition coefficient (Wildman–Crippen LogP) is 3.26. The number of furan rings is 1. The fourth-order valence-corrected chi connectivity index (χ4v) is 2.64. The maximum atomic E-state index is 5.85. The second kappa shape index (κ2) is 2.53. The van der Waals surface area contributed by atoms with Crippen LogP contribution in [0.15, 0.2) is 22.8 Å². The zero-order valence-electron chi connectivity index (χ0n) is 7.38. The Bertz CT molecular complexity index is 263. The van der Waals surface area contributed by atoms with E-state index in [4.69, 9.17) is 16.0 Å². The molecule has 1 aromatic rings. The second-order valence-electron chi connectivity index (χ2n) is 4.08. The van der Waals surface area contributed by atoms with Crippen molar-refractivity contribution in [1.29, 1.82) is 0 Å². The molecule has 66 valence electrons. The molecule has 2 unspecified atom stereocenters. The molecule has 1 aliphatic carbocycles. The molecule has 0 aliphatic heterocycles. The van der Waals surface area contributed by atoms with Gasteiger partial charge in [0.2, 0.25) is 0 Å². The quantitative estimate of drug-likeness (QED) is 0.644. The van der Waals surface area contributed by atoms with Gasteiger partial charge in [0.1, 0.15) is 5.76 Å². The molecular weight excluding hydrogens is 172 g/mol. The highest BCUT2D eigenvalue weighted by molar-refractivity contribution is 6.18. The fraction of sp³-hybridized carbons (Fsp3) is 0.600. The number of hydrogen-bond acceptors (Lipinski definition) is 1. The average Bonchev–Trinajstić information content (AvgIpc) is 2.50. The Balaban J connectivity index is 2.19. The van der Waals surface area contributed by atoms with E-state index < -0.39 is 0 Å². The molecule has 2 atom stereocenters. The van der Waals surface area contributed by atoms with Crippen LogP contribution in [0, 0.1) is 11.3 Å². The van der Waals surface area contributed by atoms with Gasteiger partial charge in [-0.05, 0) is 23.5 Å². The minimum Gasteiger partial charge on any atom is -0.469 e. The molecule has 0 spiro atoms. The molecule has 2 heteroatoms. The fourth-order valence-electron chi connectivity index (χ4n) is 2.07. The summed E-state index contributed by atoms with van der Waals surface area (Å²) >= 11 is 5.85. The summed E-state index contributed by atoms with van der Waals surface area (Å²) in [6, 6.07) is 3.98. The molecule has 0 radical (unpaired) electrons. The third-order valence-electron chi connectivity index (χ3n) is 3.07. The van der Waals surface area contributed by atoms with E-state index in [2.05, 4.69) is 13.8 Å². The van der Waals surface area contributed by atoms with E-state index in [9.17, 15) is 0 Å². The molecular formula is C10H13ClO. The van der Waals surface area contributed by atoms with Crippen molar-refractivity contribution in [2.45, 2.75) is 19.8 Å². The zero-order valence-corrected chi connectivity index (χ0v) is 8.14. The first-order chi connectivity index (χ1) is 5.68. The summed E-state index contributed by atoms with van der Waals surface area (Å²) in [7, 11) is 0. The summed E-state index contributed by atoms with van der Waals surface area (Å²) in [6.45, 7) is 4.49. The van der Waals surface area contributed by atoms with Crippen molar-refractivity contribution in [3.8, 4) is 0 Å². The summed E-state index contributed by atoms with van der Waals surface area (Å²) in [4.78, 5) is 0. The third-order valence-corrected chi connectivity index (χ3v) is 3.40. The molecule has 0 N–H and O–H groups in total. The molecule has 1 aliphatic rings. The van der Waals surface area contributed by atoms with E-state index in [0.29, 0.717) is 17.3 Å². The first-order valence-electron chi connectivity index (χ1n) is 4.27. The van der Waals surface area contributed by atoms with Gasteiger partial charge in [-0.1, -0.05) is 13.8 Å². The van der Waals surface area contributed by atoms with Gasteiger partial charge in [-0.25, -0.2) is 0 Å². The molecule has 1 aromatic heterocycles. The Morgan fingerprint density at radius 3 is 2.75 bits per heavy atom. The van der Waals surface area contributed by atoms with E-state index >= 15 is 0 Å². The maximum absolute atomic E-state index is 5.85. The lowest BCUT2D eigenvalue weighted by Crippen LogP contribution is -1.90. The Hall–Kier alpha value is -0.430. The lowest BCUT2D eigenvalue weighted by atomic mass is 10.1. The van der Waals surface area contributed by atoms with Crippen LogP contribution in [0.5, 0.6) is 0 Å². The summed E-state index contributed by atoms with van der Waals surface area (Å²) < 4.78 is 5.37. The molecule has 0 amide bonds. The smallest absolute Gasteiger partial charge is 0.107 e. The first kappa shape index (κ1) is 8.18. The average molecular weight is 185 g/mol. The Morgan fingerprint density at radius 1 is 1.58 bits per heavy atom. The summed E-state index contributed by atoms with van der Waals surface area (Å²) in [6.07, 6.45) is 1.73. The van der Waals surface area contributed by atoms with Gasteiger partial charge in [0, 0.05) is 11.8 Å². The molecule has 1 nitrogen and oxygen atoms in total. The van der Waals surface area contributed by atoms with Gasteiger partial charge in [0.25, 0.3) is 0 Å². The van der Waals surface area contributed by atoms with Crippen molar-refractivity contribution in [2.24, 2.45) is 11.3 Å². The Morgan fingerprint density at radius 2 is 2.33 bits per heavy atom. The van der Waals surface area contributed by atoms with Crippen LogP contribution in [0.4, 0.5) is 0 Å². The molecule has 0 bridgehead atoms. The lowest BCUT2D eigenvalue weighted by Gasteiger charge is -1.97. The van der Waals surface area contributed by atoms with Gasteiger partial charge >= 0.3 is 0 Å². The van der Waals surface area contributed by atoms with Crippen LogP contribution < -0.4 is 0 Å². The van der Waals surface area contributed by atoms with Crippen LogP contribution in [0.1, 0.15) is 25.5 Å². The van der Waals surface area contributed by atoms with Gasteiger partial charge < -0.3 is 4.42 Å². The highest BCUT2D eigenvalue weighted by Gasteiger charge is 2.59. The number of alkyl halides is 1. The largest absolute Gasteiger partial charge is 0.469 e. The molecule has 0 aromatic carbocycles. The van der Waals surface area contributed by atoms with Crippen LogP contribution in [0.2, 0.25) is 0 Å². The van der Waals surface area contributed by atoms with Crippen LogP contribution in [-0.2, 0) is 0 Å². The number of rotatable bonds is 2. The van der Waals surface area contributed by atoms with Crippen molar-refractivity contribution in [3.05, 3.63) is 24.2 Å². The van der Waals surface area contributed by atoms with Crippen LogP contribution in [-0.4, -0.2) is 5.88 Å². The van der Waals surface area contributed by atoms with E-state index in [1.807, 2.05) is 12.1 Å². The lowest BCUT2D eigenvalue weighted by molar-refractivity contribution is 0.482. The maximum Gasteiger partial charge on any atom is 0.107 e. The minimum atomic E-state index is 0.333. The van der Waals surface area contributed by atoms with Crippen LogP contribution in [0.25, 0.3) is 0 Å².